The van der Waals surface area contributed by atoms with Crippen LogP contribution in [0.1, 0.15) is 63.8 Å². The van der Waals surface area contributed by atoms with E-state index in [2.05, 4.69) is 65.8 Å². The second kappa shape index (κ2) is 10.4. The number of aromatic nitrogens is 1. The summed E-state index contributed by atoms with van der Waals surface area (Å²) in [5, 5.41) is 21.3. The molecule has 0 saturated heterocycles. The second-order valence-electron chi connectivity index (χ2n) is 12.1. The van der Waals surface area contributed by atoms with Gasteiger partial charge in [-0.2, -0.15) is 5.26 Å². The van der Waals surface area contributed by atoms with Crippen LogP contribution in [0.15, 0.2) is 83.9 Å². The SMILES string of the molecule is CC(C)(C)c1cc(C=Nc2ccccc2-c2nc3c(-c4ccc(C#N)cc4)cccc3s2)c(O)c(C(C)(C)C)c1. The van der Waals surface area contributed by atoms with E-state index >= 15 is 0 Å². The third kappa shape index (κ3) is 5.41. The maximum absolute atomic E-state index is 11.2. The van der Waals surface area contributed by atoms with E-state index in [-0.39, 0.29) is 16.6 Å². The summed E-state index contributed by atoms with van der Waals surface area (Å²) in [6.45, 7) is 12.9. The zero-order valence-corrected chi connectivity index (χ0v) is 24.6. The Labute approximate surface area is 240 Å². The van der Waals surface area contributed by atoms with Crippen molar-refractivity contribution in [1.29, 1.82) is 5.26 Å². The molecule has 0 bridgehead atoms. The number of phenolic OH excluding ortho intramolecular Hbond substituents is 1. The summed E-state index contributed by atoms with van der Waals surface area (Å²) in [6.07, 6.45) is 1.77. The summed E-state index contributed by atoms with van der Waals surface area (Å²) in [5.74, 6) is 0.272. The summed E-state index contributed by atoms with van der Waals surface area (Å²) in [4.78, 5) is 9.94. The highest BCUT2D eigenvalue weighted by Gasteiger charge is 2.24. The number of thiazole rings is 1. The Morgan fingerprint density at radius 2 is 1.55 bits per heavy atom. The quantitative estimate of drug-likeness (QED) is 0.229. The number of aliphatic imine (C=N–C) groups is 1. The molecular weight excluding hydrogens is 510 g/mol. The summed E-state index contributed by atoms with van der Waals surface area (Å²) >= 11 is 1.63. The molecule has 0 fully saturated rings. The average molecular weight is 544 g/mol. The predicted octanol–water partition coefficient (Wildman–Crippen LogP) is 9.55. The Morgan fingerprint density at radius 3 is 2.23 bits per heavy atom. The molecule has 1 heterocycles. The highest BCUT2D eigenvalue weighted by Crippen LogP contribution is 2.40. The van der Waals surface area contributed by atoms with Gasteiger partial charge in [-0.1, -0.05) is 84.0 Å². The normalized spacial score (nSPS) is 12.2. The third-order valence-electron chi connectivity index (χ3n) is 7.03. The van der Waals surface area contributed by atoms with Gasteiger partial charge in [0.1, 0.15) is 10.8 Å². The van der Waals surface area contributed by atoms with Gasteiger partial charge in [0.25, 0.3) is 0 Å². The maximum Gasteiger partial charge on any atom is 0.128 e. The Balaban J connectivity index is 1.58. The highest BCUT2D eigenvalue weighted by molar-refractivity contribution is 7.21. The molecule has 40 heavy (non-hydrogen) atoms. The molecule has 0 atom stereocenters. The lowest BCUT2D eigenvalue weighted by Gasteiger charge is -2.27. The van der Waals surface area contributed by atoms with Crippen molar-refractivity contribution in [1.82, 2.24) is 4.98 Å². The van der Waals surface area contributed by atoms with Crippen molar-refractivity contribution in [3.05, 3.63) is 101 Å². The lowest BCUT2D eigenvalue weighted by Crippen LogP contribution is -2.17. The average Bonchev–Trinajstić information content (AvgIpc) is 3.36. The van der Waals surface area contributed by atoms with Crippen LogP contribution >= 0.6 is 11.3 Å². The fourth-order valence-corrected chi connectivity index (χ4v) is 5.71. The molecule has 1 aromatic heterocycles. The van der Waals surface area contributed by atoms with Gasteiger partial charge in [0.15, 0.2) is 0 Å². The Morgan fingerprint density at radius 1 is 0.850 bits per heavy atom. The molecule has 1 N–H and O–H groups in total. The number of aromatic hydroxyl groups is 1. The van der Waals surface area contributed by atoms with E-state index in [9.17, 15) is 5.11 Å². The lowest BCUT2D eigenvalue weighted by molar-refractivity contribution is 0.444. The highest BCUT2D eigenvalue weighted by atomic mass is 32.1. The monoisotopic (exact) mass is 543 g/mol. The largest absolute Gasteiger partial charge is 0.507 e. The van der Waals surface area contributed by atoms with Crippen molar-refractivity contribution in [3.8, 4) is 33.5 Å². The number of hydrogen-bond donors (Lipinski definition) is 1. The zero-order valence-electron chi connectivity index (χ0n) is 23.8. The Hall–Kier alpha value is -4.27. The van der Waals surface area contributed by atoms with Crippen LogP contribution in [-0.2, 0) is 10.8 Å². The van der Waals surface area contributed by atoms with Crippen LogP contribution in [0.4, 0.5) is 5.69 Å². The fraction of sp³-hybridized carbons (Fsp3) is 0.229. The van der Waals surface area contributed by atoms with Crippen LogP contribution in [0.5, 0.6) is 5.75 Å². The van der Waals surface area contributed by atoms with Gasteiger partial charge in [-0.05, 0) is 58.4 Å². The zero-order chi connectivity index (χ0) is 28.7. The molecule has 4 nitrogen and oxygen atoms in total. The molecule has 0 saturated carbocycles. The van der Waals surface area contributed by atoms with E-state index in [1.54, 1.807) is 17.6 Å². The van der Waals surface area contributed by atoms with E-state index in [4.69, 9.17) is 15.2 Å². The fourth-order valence-electron chi connectivity index (χ4n) is 4.69. The molecule has 5 rings (SSSR count). The number of rotatable bonds is 4. The van der Waals surface area contributed by atoms with Crippen LogP contribution < -0.4 is 0 Å². The van der Waals surface area contributed by atoms with Gasteiger partial charge < -0.3 is 5.11 Å². The van der Waals surface area contributed by atoms with E-state index in [0.717, 1.165) is 48.7 Å². The van der Waals surface area contributed by atoms with E-state index in [1.807, 2.05) is 60.7 Å². The number of fused-ring (bicyclic) bond motifs is 1. The summed E-state index contributed by atoms with van der Waals surface area (Å²) < 4.78 is 1.08. The molecular formula is C35H33N3OS. The minimum absolute atomic E-state index is 0.0676. The smallest absolute Gasteiger partial charge is 0.128 e. The first-order chi connectivity index (χ1) is 19.0. The van der Waals surface area contributed by atoms with Crippen LogP contribution in [0.25, 0.3) is 31.9 Å². The number of para-hydroxylation sites is 2. The number of nitriles is 1. The van der Waals surface area contributed by atoms with Gasteiger partial charge >= 0.3 is 0 Å². The molecule has 0 unspecified atom stereocenters. The third-order valence-corrected chi connectivity index (χ3v) is 8.09. The topological polar surface area (TPSA) is 69.3 Å². The number of benzene rings is 4. The molecule has 0 amide bonds. The minimum Gasteiger partial charge on any atom is -0.507 e. The first kappa shape index (κ1) is 27.3. The number of hydrogen-bond acceptors (Lipinski definition) is 5. The standard InChI is InChI=1S/C35H33N3OS/c1-34(2,3)25-18-24(32(39)28(19-25)35(4,5)6)21-37-29-12-8-7-10-27(29)33-38-31-26(11-9-13-30(31)40-33)23-16-14-22(20-36)15-17-23/h7-19,21,39H,1-6H3. The first-order valence-corrected chi connectivity index (χ1v) is 14.2. The predicted molar refractivity (Wildman–Crippen MR) is 168 cm³/mol. The molecule has 200 valence electrons. The molecule has 5 heteroatoms. The summed E-state index contributed by atoms with van der Waals surface area (Å²) in [5.41, 5.74) is 7.85. The van der Waals surface area contributed by atoms with Crippen molar-refractivity contribution in [2.45, 2.75) is 52.4 Å². The number of nitrogens with zero attached hydrogens (tertiary/aromatic N) is 3. The van der Waals surface area contributed by atoms with Crippen LogP contribution in [0, 0.1) is 11.3 Å². The van der Waals surface area contributed by atoms with Gasteiger partial charge in [-0.3, -0.25) is 4.99 Å². The molecule has 4 aromatic carbocycles. The number of phenols is 1. The van der Waals surface area contributed by atoms with E-state index in [1.165, 1.54) is 0 Å². The van der Waals surface area contributed by atoms with Crippen molar-refractivity contribution in [3.63, 3.8) is 0 Å². The van der Waals surface area contributed by atoms with Gasteiger partial charge in [0, 0.05) is 28.5 Å². The molecule has 0 spiro atoms. The van der Waals surface area contributed by atoms with Crippen LogP contribution in [-0.4, -0.2) is 16.3 Å². The van der Waals surface area contributed by atoms with Crippen molar-refractivity contribution >= 4 is 33.5 Å². The van der Waals surface area contributed by atoms with Crippen molar-refractivity contribution < 1.29 is 5.11 Å². The molecule has 0 aliphatic rings. The molecule has 0 aliphatic heterocycles. The van der Waals surface area contributed by atoms with Crippen molar-refractivity contribution in [2.24, 2.45) is 4.99 Å². The maximum atomic E-state index is 11.2. The second-order valence-corrected chi connectivity index (χ2v) is 13.1. The van der Waals surface area contributed by atoms with Crippen LogP contribution in [0.2, 0.25) is 0 Å². The van der Waals surface area contributed by atoms with Crippen molar-refractivity contribution in [2.75, 3.05) is 0 Å². The van der Waals surface area contributed by atoms with Gasteiger partial charge in [-0.15, -0.1) is 11.3 Å². The van der Waals surface area contributed by atoms with Crippen LogP contribution in [0.3, 0.4) is 0 Å². The summed E-state index contributed by atoms with van der Waals surface area (Å²) in [7, 11) is 0. The lowest BCUT2D eigenvalue weighted by atomic mass is 9.79. The molecule has 0 radical (unpaired) electrons. The van der Waals surface area contributed by atoms with Gasteiger partial charge in [0.2, 0.25) is 0 Å². The van der Waals surface area contributed by atoms with E-state index in [0.29, 0.717) is 11.1 Å². The molecule has 5 aromatic rings. The molecule has 0 aliphatic carbocycles. The Kier molecular flexibility index (Phi) is 7.08. The summed E-state index contributed by atoms with van der Waals surface area (Å²) in [6, 6.07) is 28.1. The minimum atomic E-state index is -0.209. The first-order valence-electron chi connectivity index (χ1n) is 13.4. The van der Waals surface area contributed by atoms with E-state index < -0.39 is 0 Å². The van der Waals surface area contributed by atoms with Gasteiger partial charge in [0.05, 0.1) is 27.5 Å². The van der Waals surface area contributed by atoms with Gasteiger partial charge in [-0.25, -0.2) is 4.98 Å². The Bertz CT molecular complexity index is 1780.